The van der Waals surface area contributed by atoms with Gasteiger partial charge in [-0.1, -0.05) is 20.8 Å². The van der Waals surface area contributed by atoms with Crippen molar-refractivity contribution in [3.05, 3.63) is 39.7 Å². The number of hydrogen-bond acceptors (Lipinski definition) is 5. The number of pyridine rings is 1. The lowest BCUT2D eigenvalue weighted by Crippen LogP contribution is -2.74. The zero-order valence-electron chi connectivity index (χ0n) is 24.5. The Morgan fingerprint density at radius 1 is 1.18 bits per heavy atom. The summed E-state index contributed by atoms with van der Waals surface area (Å²) in [5.41, 5.74) is 9.35. The van der Waals surface area contributed by atoms with Crippen LogP contribution in [0.2, 0.25) is 0 Å². The van der Waals surface area contributed by atoms with E-state index in [-0.39, 0.29) is 11.4 Å². The van der Waals surface area contributed by atoms with E-state index < -0.39 is 0 Å². The van der Waals surface area contributed by atoms with Gasteiger partial charge in [-0.3, -0.25) is 9.69 Å². The Hall–Kier alpha value is -2.71. The molecule has 5 aliphatic rings. The van der Waals surface area contributed by atoms with Gasteiger partial charge in [0.15, 0.2) is 5.65 Å². The number of rotatable bonds is 6. The molecule has 0 aromatic carbocycles. The second kappa shape index (κ2) is 8.19. The number of thiophene rings is 1. The molecule has 4 aromatic heterocycles. The lowest BCUT2D eigenvalue weighted by atomic mass is 9.40. The number of amides is 1. The van der Waals surface area contributed by atoms with E-state index in [1.54, 1.807) is 11.2 Å². The molecule has 1 saturated heterocycles. The largest absolute Gasteiger partial charge is 0.349 e. The van der Waals surface area contributed by atoms with E-state index in [9.17, 15) is 4.79 Å². The highest BCUT2D eigenvalue weighted by atomic mass is 32.1. The number of aryl methyl sites for hydroxylation is 2. The number of carbonyl (C=O) groups is 1. The van der Waals surface area contributed by atoms with E-state index in [0.29, 0.717) is 35.8 Å². The second-order valence-electron chi connectivity index (χ2n) is 14.3. The number of nitrogens with zero attached hydrogens (tertiary/aromatic N) is 4. The minimum atomic E-state index is 0.146. The van der Waals surface area contributed by atoms with Crippen LogP contribution in [0.5, 0.6) is 0 Å². The Labute approximate surface area is 239 Å². The number of fused-ring (bicyclic) bond motifs is 4. The molecule has 0 radical (unpaired) electrons. The summed E-state index contributed by atoms with van der Waals surface area (Å²) < 4.78 is 1.91. The van der Waals surface area contributed by atoms with Crippen LogP contribution in [0.25, 0.3) is 27.1 Å². The molecule has 5 fully saturated rings. The van der Waals surface area contributed by atoms with Crippen molar-refractivity contribution >= 4 is 33.1 Å². The van der Waals surface area contributed by atoms with E-state index >= 15 is 0 Å². The van der Waals surface area contributed by atoms with Crippen LogP contribution < -0.4 is 5.32 Å². The maximum atomic E-state index is 12.9. The highest BCUT2D eigenvalue weighted by molar-refractivity contribution is 7.19. The minimum absolute atomic E-state index is 0.146. The highest BCUT2D eigenvalue weighted by Gasteiger charge is 2.65. The Morgan fingerprint density at radius 2 is 1.95 bits per heavy atom. The molecule has 5 heterocycles. The van der Waals surface area contributed by atoms with Gasteiger partial charge in [-0.25, -0.2) is 9.50 Å². The standard InChI is InChI=1S/C32H40N6OS/c1-16(2)25-26-19(5)28(40-30(26)35-27(25)23-10-38-29(33-15-34-38)18(4)17(23)3)22-8-21-7-20(22)9-37(21)11-24(39)36-32-12-31(6,13-32)14-32/h10,15-16,20-22,35H,7-9,11-14H2,1-6H3,(H,36,39)/t20-,21?,22+,31?,32?/m0/s1. The van der Waals surface area contributed by atoms with Gasteiger partial charge in [0.05, 0.1) is 12.2 Å². The van der Waals surface area contributed by atoms with E-state index in [0.717, 1.165) is 12.2 Å². The third-order valence-corrected chi connectivity index (χ3v) is 12.3. The summed E-state index contributed by atoms with van der Waals surface area (Å²) in [5, 5.41) is 9.27. The van der Waals surface area contributed by atoms with Crippen LogP contribution in [0, 0.1) is 32.1 Å². The maximum absolute atomic E-state index is 12.9. The van der Waals surface area contributed by atoms with Crippen LogP contribution in [0.4, 0.5) is 0 Å². The average Bonchev–Trinajstić information content (AvgIpc) is 3.66. The molecule has 2 N–H and O–H groups in total. The molecule has 8 heteroatoms. The molecule has 210 valence electrons. The summed E-state index contributed by atoms with van der Waals surface area (Å²) in [6, 6.07) is 0.534. The van der Waals surface area contributed by atoms with Crippen molar-refractivity contribution < 1.29 is 4.79 Å². The number of aromatic nitrogens is 4. The Balaban J connectivity index is 1.06. The number of likely N-dealkylation sites (tertiary alicyclic amines) is 1. The fourth-order valence-electron chi connectivity index (χ4n) is 9.36. The lowest BCUT2D eigenvalue weighted by Gasteiger charge is -2.69. The number of piperidine rings is 1. The van der Waals surface area contributed by atoms with Crippen LogP contribution in [0.3, 0.4) is 0 Å². The number of H-pyrrole nitrogens is 1. The van der Waals surface area contributed by atoms with E-state index in [4.69, 9.17) is 0 Å². The molecule has 1 aliphatic heterocycles. The van der Waals surface area contributed by atoms with Gasteiger partial charge in [-0.05, 0) is 98.3 Å². The molecule has 4 bridgehead atoms. The molecule has 1 amide bonds. The summed E-state index contributed by atoms with van der Waals surface area (Å²) in [4.78, 5) is 26.6. The molecule has 7 nitrogen and oxygen atoms in total. The molecule has 4 aromatic rings. The van der Waals surface area contributed by atoms with Gasteiger partial charge in [-0.15, -0.1) is 11.3 Å². The monoisotopic (exact) mass is 556 g/mol. The second-order valence-corrected chi connectivity index (χ2v) is 15.3. The van der Waals surface area contributed by atoms with Crippen molar-refractivity contribution in [3.63, 3.8) is 0 Å². The van der Waals surface area contributed by atoms with E-state index in [1.165, 1.54) is 75.8 Å². The van der Waals surface area contributed by atoms with Gasteiger partial charge in [-0.2, -0.15) is 5.10 Å². The zero-order valence-corrected chi connectivity index (χ0v) is 25.3. The molecule has 3 atom stereocenters. The topological polar surface area (TPSA) is 78.3 Å². The molecule has 1 unspecified atom stereocenters. The van der Waals surface area contributed by atoms with Gasteiger partial charge in [0.2, 0.25) is 5.91 Å². The quantitative estimate of drug-likeness (QED) is 0.295. The van der Waals surface area contributed by atoms with Gasteiger partial charge < -0.3 is 10.3 Å². The summed E-state index contributed by atoms with van der Waals surface area (Å²) >= 11 is 1.97. The number of nitrogens with one attached hydrogen (secondary N) is 2. The van der Waals surface area contributed by atoms with Crippen LogP contribution in [-0.2, 0) is 4.79 Å². The first-order chi connectivity index (χ1) is 19.0. The van der Waals surface area contributed by atoms with Gasteiger partial charge >= 0.3 is 0 Å². The molecular weight excluding hydrogens is 516 g/mol. The van der Waals surface area contributed by atoms with E-state index in [1.807, 2.05) is 15.9 Å². The fraction of sp³-hybridized carbons (Fsp3) is 0.594. The lowest BCUT2D eigenvalue weighted by molar-refractivity contribution is -0.157. The molecular formula is C32H40N6OS. The number of hydrogen-bond donors (Lipinski definition) is 2. The smallest absolute Gasteiger partial charge is 0.234 e. The first-order valence-electron chi connectivity index (χ1n) is 15.0. The predicted molar refractivity (Wildman–Crippen MR) is 160 cm³/mol. The summed E-state index contributed by atoms with van der Waals surface area (Å²) in [7, 11) is 0. The minimum Gasteiger partial charge on any atom is -0.349 e. The fourth-order valence-corrected chi connectivity index (χ4v) is 10.8. The number of carbonyl (C=O) groups excluding carboxylic acids is 1. The van der Waals surface area contributed by atoms with Crippen molar-refractivity contribution in [2.45, 2.75) is 97.1 Å². The average molecular weight is 557 g/mol. The van der Waals surface area contributed by atoms with Crippen molar-refractivity contribution in [2.24, 2.45) is 11.3 Å². The van der Waals surface area contributed by atoms with Crippen molar-refractivity contribution in [3.8, 4) is 11.3 Å². The molecule has 0 spiro atoms. The van der Waals surface area contributed by atoms with Crippen molar-refractivity contribution in [2.75, 3.05) is 13.1 Å². The third-order valence-electron chi connectivity index (χ3n) is 11.0. The Morgan fingerprint density at radius 3 is 2.62 bits per heavy atom. The molecule has 9 rings (SSSR count). The first kappa shape index (κ1) is 25.0. The van der Waals surface area contributed by atoms with Gasteiger partial charge in [0.1, 0.15) is 11.2 Å². The van der Waals surface area contributed by atoms with Crippen LogP contribution in [0.1, 0.15) is 91.8 Å². The van der Waals surface area contributed by atoms with Crippen LogP contribution in [-0.4, -0.2) is 55.1 Å². The molecule has 4 saturated carbocycles. The van der Waals surface area contributed by atoms with E-state index in [2.05, 4.69) is 73.0 Å². The Bertz CT molecular complexity index is 1690. The highest BCUT2D eigenvalue weighted by Crippen LogP contribution is 2.66. The van der Waals surface area contributed by atoms with Crippen LogP contribution >= 0.6 is 11.3 Å². The number of aromatic amines is 1. The Kier molecular flexibility index (Phi) is 5.13. The predicted octanol–water partition coefficient (Wildman–Crippen LogP) is 6.22. The SMILES string of the molecule is Cc1c(-c2[nH]c3sc([C@@H]4CC5C[C@H]4CN5CC(=O)NC45CC(C)(C4)C5)c(C)c3c2C(C)C)cn2ncnc2c1C. The molecule has 4 aliphatic carbocycles. The summed E-state index contributed by atoms with van der Waals surface area (Å²) in [5.74, 6) is 1.89. The third kappa shape index (κ3) is 3.41. The first-order valence-corrected chi connectivity index (χ1v) is 15.9. The molecule has 40 heavy (non-hydrogen) atoms. The summed E-state index contributed by atoms with van der Waals surface area (Å²) in [6.07, 6.45) is 9.72. The van der Waals surface area contributed by atoms with Gasteiger partial charge in [0, 0.05) is 40.1 Å². The van der Waals surface area contributed by atoms with Gasteiger partial charge in [0.25, 0.3) is 0 Å². The van der Waals surface area contributed by atoms with Crippen molar-refractivity contribution in [1.29, 1.82) is 0 Å². The zero-order chi connectivity index (χ0) is 27.7. The summed E-state index contributed by atoms with van der Waals surface area (Å²) in [6.45, 7) is 15.3. The van der Waals surface area contributed by atoms with Crippen molar-refractivity contribution in [1.82, 2.24) is 29.8 Å². The maximum Gasteiger partial charge on any atom is 0.234 e. The van der Waals surface area contributed by atoms with Crippen LogP contribution in [0.15, 0.2) is 12.5 Å². The normalized spacial score (nSPS) is 30.9.